The third-order valence-corrected chi connectivity index (χ3v) is 1.82. The molecule has 0 saturated heterocycles. The van der Waals surface area contributed by atoms with Crippen LogP contribution in [0.4, 0.5) is 11.4 Å². The van der Waals surface area contributed by atoms with Crippen molar-refractivity contribution in [2.75, 3.05) is 4.90 Å². The van der Waals surface area contributed by atoms with Gasteiger partial charge < -0.3 is 5.73 Å². The molecular weight excluding hydrogens is 216 g/mol. The van der Waals surface area contributed by atoms with Crippen LogP contribution in [0.5, 0.6) is 0 Å². The number of non-ortho nitro benzene ring substituents is 1. The lowest BCUT2D eigenvalue weighted by molar-refractivity contribution is -0.384. The Balaban J connectivity index is 3.03. The third kappa shape index (κ3) is 2.38. The molecule has 6 nitrogen and oxygen atoms in total. The van der Waals surface area contributed by atoms with Crippen LogP contribution in [-0.2, 0) is 0 Å². The summed E-state index contributed by atoms with van der Waals surface area (Å²) in [6.07, 6.45) is 1.76. The second-order valence-electron chi connectivity index (χ2n) is 2.55. The maximum absolute atomic E-state index is 10.4. The van der Waals surface area contributed by atoms with Crippen LogP contribution in [0.25, 0.3) is 0 Å². The Morgan fingerprint density at radius 3 is 2.40 bits per heavy atom. The predicted octanol–water partition coefficient (Wildman–Crippen LogP) is 1.13. The summed E-state index contributed by atoms with van der Waals surface area (Å²) in [6.45, 7) is 0. The van der Waals surface area contributed by atoms with E-state index in [4.69, 9.17) is 11.0 Å². The van der Waals surface area contributed by atoms with Gasteiger partial charge in [-0.1, -0.05) is 0 Å². The number of nitriles is 1. The number of thiocarbonyl (C=S) groups is 1. The van der Waals surface area contributed by atoms with Crippen LogP contribution in [0, 0.1) is 21.6 Å². The normalized spacial score (nSPS) is 9.00. The van der Waals surface area contributed by atoms with Crippen LogP contribution < -0.4 is 10.6 Å². The van der Waals surface area contributed by atoms with Gasteiger partial charge in [-0.3, -0.25) is 10.1 Å². The SMILES string of the molecule is N#CN(C(N)=S)c1ccc([N+](=O)[O-])cc1. The van der Waals surface area contributed by atoms with E-state index in [2.05, 4.69) is 12.2 Å². The highest BCUT2D eigenvalue weighted by Gasteiger charge is 2.10. The molecule has 1 aromatic rings. The number of nitrogens with zero attached hydrogens (tertiary/aromatic N) is 3. The fraction of sp³-hybridized carbons (Fsp3) is 0. The summed E-state index contributed by atoms with van der Waals surface area (Å²) in [7, 11) is 0. The van der Waals surface area contributed by atoms with Gasteiger partial charge in [-0.2, -0.15) is 5.26 Å². The van der Waals surface area contributed by atoms with Gasteiger partial charge in [0.1, 0.15) is 0 Å². The molecule has 76 valence electrons. The number of nitrogens with two attached hydrogens (primary N) is 1. The maximum Gasteiger partial charge on any atom is 0.269 e. The van der Waals surface area contributed by atoms with Crippen molar-refractivity contribution >= 4 is 28.7 Å². The number of nitro benzene ring substituents is 1. The van der Waals surface area contributed by atoms with Crippen molar-refractivity contribution in [2.45, 2.75) is 0 Å². The summed E-state index contributed by atoms with van der Waals surface area (Å²) in [4.78, 5) is 10.8. The molecule has 0 aromatic heterocycles. The van der Waals surface area contributed by atoms with E-state index in [0.717, 1.165) is 4.90 Å². The molecule has 0 saturated carbocycles. The number of nitro groups is 1. The van der Waals surface area contributed by atoms with Crippen LogP contribution in [0.3, 0.4) is 0 Å². The first kappa shape index (κ1) is 10.9. The molecule has 0 spiro atoms. The van der Waals surface area contributed by atoms with Crippen molar-refractivity contribution < 1.29 is 4.92 Å². The van der Waals surface area contributed by atoms with Crippen molar-refractivity contribution in [3.63, 3.8) is 0 Å². The molecule has 1 rings (SSSR count). The largest absolute Gasteiger partial charge is 0.375 e. The molecular formula is C8H6N4O2S. The molecule has 0 radical (unpaired) electrons. The van der Waals surface area contributed by atoms with Gasteiger partial charge >= 0.3 is 0 Å². The number of anilines is 1. The molecule has 0 fully saturated rings. The zero-order chi connectivity index (χ0) is 11.4. The predicted molar refractivity (Wildman–Crippen MR) is 58.0 cm³/mol. The van der Waals surface area contributed by atoms with Gasteiger partial charge in [0.05, 0.1) is 10.6 Å². The zero-order valence-electron chi connectivity index (χ0n) is 7.45. The smallest absolute Gasteiger partial charge is 0.269 e. The van der Waals surface area contributed by atoms with Crippen LogP contribution in [0.1, 0.15) is 0 Å². The molecule has 0 aliphatic heterocycles. The summed E-state index contributed by atoms with van der Waals surface area (Å²) >= 11 is 4.63. The number of rotatable bonds is 2. The molecule has 15 heavy (non-hydrogen) atoms. The molecule has 0 aliphatic rings. The van der Waals surface area contributed by atoms with Gasteiger partial charge in [-0.25, -0.2) is 4.90 Å². The average Bonchev–Trinajstić information content (AvgIpc) is 2.19. The fourth-order valence-electron chi connectivity index (χ4n) is 0.958. The van der Waals surface area contributed by atoms with Gasteiger partial charge in [0.25, 0.3) is 5.69 Å². The van der Waals surface area contributed by atoms with Gasteiger partial charge in [0.2, 0.25) is 0 Å². The first-order valence-corrected chi connectivity index (χ1v) is 4.21. The second-order valence-corrected chi connectivity index (χ2v) is 2.97. The van der Waals surface area contributed by atoms with Crippen LogP contribution in [-0.4, -0.2) is 10.0 Å². The highest BCUT2D eigenvalue weighted by molar-refractivity contribution is 7.80. The number of hydrogen-bond acceptors (Lipinski definition) is 4. The number of benzene rings is 1. The standard InChI is InChI=1S/C8H6N4O2S/c9-5-11(8(10)15)6-1-3-7(4-2-6)12(13)14/h1-4H,(H2,10,15). The molecule has 1 aromatic carbocycles. The molecule has 0 amide bonds. The fourth-order valence-corrected chi connectivity index (χ4v) is 1.10. The molecule has 0 unspecified atom stereocenters. The van der Waals surface area contributed by atoms with Crippen molar-refractivity contribution in [1.82, 2.24) is 0 Å². The molecule has 0 heterocycles. The Bertz CT molecular complexity index is 437. The van der Waals surface area contributed by atoms with E-state index >= 15 is 0 Å². The van der Waals surface area contributed by atoms with E-state index in [1.54, 1.807) is 6.19 Å². The van der Waals surface area contributed by atoms with E-state index in [0.29, 0.717) is 5.69 Å². The van der Waals surface area contributed by atoms with Gasteiger partial charge in [-0.05, 0) is 24.4 Å². The van der Waals surface area contributed by atoms with E-state index in [1.165, 1.54) is 24.3 Å². The van der Waals surface area contributed by atoms with Crippen LogP contribution in [0.15, 0.2) is 24.3 Å². The minimum absolute atomic E-state index is 0.0559. The third-order valence-electron chi connectivity index (χ3n) is 1.64. The monoisotopic (exact) mass is 222 g/mol. The maximum atomic E-state index is 10.4. The summed E-state index contributed by atoms with van der Waals surface area (Å²) in [5.41, 5.74) is 5.62. The first-order valence-electron chi connectivity index (χ1n) is 3.80. The lowest BCUT2D eigenvalue weighted by Gasteiger charge is -2.11. The minimum atomic E-state index is -0.527. The molecule has 7 heteroatoms. The van der Waals surface area contributed by atoms with Crippen LogP contribution >= 0.6 is 12.2 Å². The summed E-state index contributed by atoms with van der Waals surface area (Å²) < 4.78 is 0. The van der Waals surface area contributed by atoms with Crippen molar-refractivity contribution in [1.29, 1.82) is 5.26 Å². The molecule has 0 bridgehead atoms. The van der Waals surface area contributed by atoms with E-state index in [-0.39, 0.29) is 10.8 Å². The van der Waals surface area contributed by atoms with Crippen LogP contribution in [0.2, 0.25) is 0 Å². The van der Waals surface area contributed by atoms with Crippen molar-refractivity contribution in [2.24, 2.45) is 5.73 Å². The van der Waals surface area contributed by atoms with Crippen molar-refractivity contribution in [3.8, 4) is 6.19 Å². The van der Waals surface area contributed by atoms with E-state index in [1.807, 2.05) is 0 Å². The lowest BCUT2D eigenvalue weighted by Crippen LogP contribution is -2.30. The molecule has 0 atom stereocenters. The zero-order valence-corrected chi connectivity index (χ0v) is 8.27. The molecule has 2 N–H and O–H groups in total. The highest BCUT2D eigenvalue weighted by Crippen LogP contribution is 2.18. The molecule has 0 aliphatic carbocycles. The summed E-state index contributed by atoms with van der Waals surface area (Å²) in [6, 6.07) is 5.36. The van der Waals surface area contributed by atoms with E-state index in [9.17, 15) is 10.1 Å². The number of hydrogen-bond donors (Lipinski definition) is 1. The van der Waals surface area contributed by atoms with Gasteiger partial charge in [0.15, 0.2) is 11.3 Å². The Labute approximate surface area is 90.7 Å². The Morgan fingerprint density at radius 2 is 2.07 bits per heavy atom. The topological polar surface area (TPSA) is 96.2 Å². The summed E-state index contributed by atoms with van der Waals surface area (Å²) in [5.74, 6) is 0. The first-order chi connectivity index (χ1) is 7.06. The highest BCUT2D eigenvalue weighted by atomic mass is 32.1. The lowest BCUT2D eigenvalue weighted by atomic mass is 10.3. The minimum Gasteiger partial charge on any atom is -0.375 e. The quantitative estimate of drug-likeness (QED) is 0.265. The Kier molecular flexibility index (Phi) is 3.15. The summed E-state index contributed by atoms with van der Waals surface area (Å²) in [5, 5.41) is 19.0. The van der Waals surface area contributed by atoms with Crippen molar-refractivity contribution in [3.05, 3.63) is 34.4 Å². The second kappa shape index (κ2) is 4.34. The average molecular weight is 222 g/mol. The Morgan fingerprint density at radius 1 is 1.53 bits per heavy atom. The Hall–Kier alpha value is -2.20. The van der Waals surface area contributed by atoms with E-state index < -0.39 is 4.92 Å². The van der Waals surface area contributed by atoms with Gasteiger partial charge in [-0.15, -0.1) is 0 Å². The van der Waals surface area contributed by atoms with Gasteiger partial charge in [0, 0.05) is 12.1 Å².